The fourth-order valence-corrected chi connectivity index (χ4v) is 3.59. The van der Waals surface area contributed by atoms with Crippen LogP contribution in [0.4, 0.5) is 13.2 Å². The lowest BCUT2D eigenvalue weighted by Crippen LogP contribution is -2.24. The summed E-state index contributed by atoms with van der Waals surface area (Å²) in [5, 5.41) is 16.1. The Morgan fingerprint density at radius 1 is 0.968 bits per heavy atom. The van der Waals surface area contributed by atoms with Gasteiger partial charge in [-0.2, -0.15) is 23.5 Å². The number of carbonyl (C=O) groups excluding carboxylic acids is 2. The molecule has 4 aromatic rings. The molecule has 8 heteroatoms. The van der Waals surface area contributed by atoms with E-state index in [0.717, 1.165) is 35.0 Å². The average Bonchev–Trinajstić information content (AvgIpc) is 3.10. The number of rotatable bonds is 4. The first-order valence-electron chi connectivity index (χ1n) is 9.22. The van der Waals surface area contributed by atoms with Gasteiger partial charge in [-0.1, -0.05) is 42.5 Å². The number of hydrogen-bond acceptors (Lipinski definition) is 4. The van der Waals surface area contributed by atoms with Crippen LogP contribution in [0.25, 0.3) is 21.7 Å². The molecule has 5 nitrogen and oxygen atoms in total. The highest BCUT2D eigenvalue weighted by Gasteiger charge is 2.34. The number of fused-ring (bicyclic) bond motifs is 3. The summed E-state index contributed by atoms with van der Waals surface area (Å²) in [6.07, 6.45) is -4.55. The third kappa shape index (κ3) is 3.44. The number of alkyl halides is 3. The molecule has 0 amide bonds. The number of hydrogen-bond donors (Lipinski definition) is 0. The quantitative estimate of drug-likeness (QED) is 0.345. The van der Waals surface area contributed by atoms with E-state index in [-0.39, 0.29) is 11.3 Å². The van der Waals surface area contributed by atoms with Crippen molar-refractivity contribution in [2.45, 2.75) is 6.18 Å². The van der Waals surface area contributed by atoms with Crippen LogP contribution in [-0.4, -0.2) is 21.3 Å². The molecule has 0 fully saturated rings. The summed E-state index contributed by atoms with van der Waals surface area (Å²) < 4.78 is 39.8. The average molecular weight is 421 g/mol. The number of ketones is 2. The van der Waals surface area contributed by atoms with Crippen molar-refractivity contribution in [3.63, 3.8) is 0 Å². The first-order valence-corrected chi connectivity index (χ1v) is 9.22. The first-order chi connectivity index (χ1) is 14.7. The number of benzene rings is 3. The molecule has 0 saturated heterocycles. The second kappa shape index (κ2) is 7.36. The van der Waals surface area contributed by atoms with Crippen molar-refractivity contribution in [3.8, 4) is 6.07 Å². The Balaban J connectivity index is 1.74. The molecule has 154 valence electrons. The highest BCUT2D eigenvalue weighted by molar-refractivity contribution is 6.22. The van der Waals surface area contributed by atoms with E-state index in [1.54, 1.807) is 19.2 Å². The summed E-state index contributed by atoms with van der Waals surface area (Å²) in [7, 11) is 1.66. The fraction of sp³-hybridized carbons (Fsp3) is 0.130. The van der Waals surface area contributed by atoms with Crippen molar-refractivity contribution >= 4 is 33.2 Å². The predicted molar refractivity (Wildman–Crippen MR) is 107 cm³/mol. The van der Waals surface area contributed by atoms with Gasteiger partial charge in [-0.3, -0.25) is 14.3 Å². The van der Waals surface area contributed by atoms with Crippen LogP contribution >= 0.6 is 0 Å². The summed E-state index contributed by atoms with van der Waals surface area (Å²) in [5.41, 5.74) is -0.430. The van der Waals surface area contributed by atoms with Gasteiger partial charge in [-0.25, -0.2) is 0 Å². The molecule has 0 radical (unpaired) electrons. The smallest absolute Gasteiger partial charge is 0.292 e. The number of Topliss-reactive ketones (excluding diaryl/α,β-unsaturated/α-hetero) is 2. The van der Waals surface area contributed by atoms with Crippen LogP contribution < -0.4 is 0 Å². The van der Waals surface area contributed by atoms with Crippen molar-refractivity contribution < 1.29 is 22.8 Å². The van der Waals surface area contributed by atoms with E-state index in [0.29, 0.717) is 10.9 Å². The molecule has 0 bridgehead atoms. The highest BCUT2D eigenvalue weighted by atomic mass is 19.4. The van der Waals surface area contributed by atoms with Crippen molar-refractivity contribution in [2.24, 2.45) is 13.0 Å². The molecule has 3 aromatic carbocycles. The summed E-state index contributed by atoms with van der Waals surface area (Å²) in [4.78, 5) is 25.8. The van der Waals surface area contributed by atoms with E-state index in [9.17, 15) is 28.0 Å². The van der Waals surface area contributed by atoms with Gasteiger partial charge in [0.15, 0.2) is 11.7 Å². The van der Waals surface area contributed by atoms with Gasteiger partial charge in [-0.05, 0) is 23.6 Å². The SMILES string of the molecule is Cn1nc(C(=O)C(C#N)C(=O)c2ccc(C(F)(F)F)cc2)c2ccc3ccccc3c21. The second-order valence-corrected chi connectivity index (χ2v) is 7.02. The zero-order valence-corrected chi connectivity index (χ0v) is 16.1. The van der Waals surface area contributed by atoms with Crippen molar-refractivity contribution in [1.82, 2.24) is 9.78 Å². The number of carbonyl (C=O) groups is 2. The summed E-state index contributed by atoms with van der Waals surface area (Å²) in [5.74, 6) is -3.39. The summed E-state index contributed by atoms with van der Waals surface area (Å²) in [6.45, 7) is 0. The molecule has 0 aliphatic heterocycles. The lowest BCUT2D eigenvalue weighted by Gasteiger charge is -2.09. The van der Waals surface area contributed by atoms with Gasteiger partial charge in [0.1, 0.15) is 5.69 Å². The normalized spacial score (nSPS) is 12.6. The van der Waals surface area contributed by atoms with Gasteiger partial charge in [0.25, 0.3) is 0 Å². The number of aromatic nitrogens is 2. The Morgan fingerprint density at radius 3 is 2.29 bits per heavy atom. The summed E-state index contributed by atoms with van der Waals surface area (Å²) in [6, 6.07) is 16.1. The van der Waals surface area contributed by atoms with Crippen molar-refractivity contribution in [3.05, 3.63) is 77.5 Å². The van der Waals surface area contributed by atoms with Crippen LogP contribution in [0.5, 0.6) is 0 Å². The van der Waals surface area contributed by atoms with Gasteiger partial charge in [0, 0.05) is 23.4 Å². The van der Waals surface area contributed by atoms with Gasteiger partial charge in [0.05, 0.1) is 17.1 Å². The molecule has 1 unspecified atom stereocenters. The van der Waals surface area contributed by atoms with Crippen LogP contribution in [0.1, 0.15) is 26.4 Å². The number of nitriles is 1. The van der Waals surface area contributed by atoms with Crippen LogP contribution in [-0.2, 0) is 13.2 Å². The Morgan fingerprint density at radius 2 is 1.65 bits per heavy atom. The zero-order valence-electron chi connectivity index (χ0n) is 16.1. The molecule has 0 aliphatic carbocycles. The highest BCUT2D eigenvalue weighted by Crippen LogP contribution is 2.31. The minimum absolute atomic E-state index is 0.0323. The molecule has 0 aliphatic rings. The predicted octanol–water partition coefficient (Wildman–Crippen LogP) is 4.95. The van der Waals surface area contributed by atoms with E-state index in [1.165, 1.54) is 4.68 Å². The van der Waals surface area contributed by atoms with Crippen LogP contribution in [0.15, 0.2) is 60.7 Å². The number of aryl methyl sites for hydroxylation is 1. The first kappa shape index (κ1) is 20.3. The Kier molecular flexibility index (Phi) is 4.82. The largest absolute Gasteiger partial charge is 0.416 e. The van der Waals surface area contributed by atoms with Gasteiger partial charge < -0.3 is 0 Å². The van der Waals surface area contributed by atoms with Gasteiger partial charge in [0.2, 0.25) is 5.78 Å². The van der Waals surface area contributed by atoms with Gasteiger partial charge in [-0.15, -0.1) is 0 Å². The van der Waals surface area contributed by atoms with Gasteiger partial charge >= 0.3 is 6.18 Å². The van der Waals surface area contributed by atoms with E-state index in [4.69, 9.17) is 0 Å². The van der Waals surface area contributed by atoms with Crippen LogP contribution in [0.3, 0.4) is 0 Å². The van der Waals surface area contributed by atoms with Crippen LogP contribution in [0.2, 0.25) is 0 Å². The second-order valence-electron chi connectivity index (χ2n) is 7.02. The number of nitrogens with zero attached hydrogens (tertiary/aromatic N) is 3. The molecular weight excluding hydrogens is 407 g/mol. The lowest BCUT2D eigenvalue weighted by molar-refractivity contribution is -0.137. The van der Waals surface area contributed by atoms with E-state index < -0.39 is 29.2 Å². The maximum atomic E-state index is 13.1. The molecule has 1 atom stereocenters. The maximum Gasteiger partial charge on any atom is 0.416 e. The molecule has 0 N–H and O–H groups in total. The van der Waals surface area contributed by atoms with Crippen molar-refractivity contribution in [2.75, 3.05) is 0 Å². The van der Waals surface area contributed by atoms with E-state index >= 15 is 0 Å². The Bertz CT molecular complexity index is 1380. The molecule has 1 aromatic heterocycles. The minimum atomic E-state index is -4.55. The topological polar surface area (TPSA) is 75.8 Å². The fourth-order valence-electron chi connectivity index (χ4n) is 3.59. The zero-order chi connectivity index (χ0) is 22.3. The monoisotopic (exact) mass is 421 g/mol. The lowest BCUT2D eigenvalue weighted by atomic mass is 9.91. The Hall–Kier alpha value is -3.99. The molecule has 0 saturated carbocycles. The van der Waals surface area contributed by atoms with Crippen LogP contribution in [0, 0.1) is 17.2 Å². The van der Waals surface area contributed by atoms with E-state index in [2.05, 4.69) is 5.10 Å². The third-order valence-corrected chi connectivity index (χ3v) is 5.11. The molecule has 1 heterocycles. The molecular formula is C23H14F3N3O2. The molecule has 0 spiro atoms. The van der Waals surface area contributed by atoms with E-state index in [1.807, 2.05) is 30.3 Å². The summed E-state index contributed by atoms with van der Waals surface area (Å²) >= 11 is 0. The minimum Gasteiger partial charge on any atom is -0.292 e. The third-order valence-electron chi connectivity index (χ3n) is 5.11. The van der Waals surface area contributed by atoms with Crippen molar-refractivity contribution in [1.29, 1.82) is 5.26 Å². The standard InChI is InChI=1S/C23H14F3N3O2/c1-29-20-16-5-3-2-4-13(16)8-11-17(20)19(28-29)22(31)18(12-27)21(30)14-6-9-15(10-7-14)23(24,25)26/h2-11,18H,1H3. The molecule has 4 rings (SSSR count). The number of halogens is 3. The maximum absolute atomic E-state index is 13.1. The molecule has 31 heavy (non-hydrogen) atoms. The Labute approximate surface area is 174 Å².